The van der Waals surface area contributed by atoms with Crippen molar-refractivity contribution in [3.63, 3.8) is 0 Å². The molecule has 0 unspecified atom stereocenters. The molecule has 1 aromatic rings. The first-order valence-corrected chi connectivity index (χ1v) is 7.03. The molecule has 1 fully saturated rings. The predicted octanol–water partition coefficient (Wildman–Crippen LogP) is 2.91. The van der Waals surface area contributed by atoms with Gasteiger partial charge in [-0.05, 0) is 59.9 Å². The van der Waals surface area contributed by atoms with Crippen LogP contribution in [0, 0.1) is 10.5 Å². The Balaban J connectivity index is 2.27. The van der Waals surface area contributed by atoms with Gasteiger partial charge < -0.3 is 0 Å². The molecule has 0 N–H and O–H groups in total. The van der Waals surface area contributed by atoms with Crippen LogP contribution >= 0.6 is 22.6 Å². The lowest BCUT2D eigenvalue weighted by Crippen LogP contribution is -2.14. The number of hydrogen-bond donors (Lipinski definition) is 0. The summed E-state index contributed by atoms with van der Waals surface area (Å²) in [6, 6.07) is 4.81. The SMILES string of the molecule is Bc1c(C)cc(C2CCCCC2)cc1I. The molecule has 0 spiro atoms. The molecule has 1 aromatic carbocycles. The molecule has 1 aliphatic rings. The Kier molecular flexibility index (Phi) is 3.75. The average molecular weight is 312 g/mol. The molecule has 0 bridgehead atoms. The Morgan fingerprint density at radius 3 is 2.47 bits per heavy atom. The van der Waals surface area contributed by atoms with Gasteiger partial charge in [-0.1, -0.05) is 36.4 Å². The van der Waals surface area contributed by atoms with Crippen LogP contribution in [0.4, 0.5) is 0 Å². The van der Waals surface area contributed by atoms with Crippen molar-refractivity contribution in [3.8, 4) is 0 Å². The minimum Gasteiger partial charge on any atom is -0.0730 e. The molecule has 0 amide bonds. The Morgan fingerprint density at radius 2 is 1.87 bits per heavy atom. The van der Waals surface area contributed by atoms with E-state index in [4.69, 9.17) is 0 Å². The zero-order valence-corrected chi connectivity index (χ0v) is 11.8. The molecule has 1 saturated carbocycles. The summed E-state index contributed by atoms with van der Waals surface area (Å²) in [6.45, 7) is 2.24. The second kappa shape index (κ2) is 4.90. The first-order chi connectivity index (χ1) is 7.18. The molecule has 0 saturated heterocycles. The van der Waals surface area contributed by atoms with E-state index in [0.29, 0.717) is 0 Å². The van der Waals surface area contributed by atoms with E-state index in [2.05, 4.69) is 49.5 Å². The maximum Gasteiger partial charge on any atom is 0.141 e. The van der Waals surface area contributed by atoms with E-state index in [1.54, 1.807) is 5.56 Å². The van der Waals surface area contributed by atoms with Gasteiger partial charge in [0.25, 0.3) is 0 Å². The van der Waals surface area contributed by atoms with Crippen LogP contribution in [0.15, 0.2) is 12.1 Å². The maximum atomic E-state index is 2.47. The fourth-order valence-electron chi connectivity index (χ4n) is 2.51. The summed E-state index contributed by atoms with van der Waals surface area (Å²) in [5, 5.41) is 0. The van der Waals surface area contributed by atoms with Gasteiger partial charge in [0.2, 0.25) is 0 Å². The molecule has 1 aliphatic carbocycles. The van der Waals surface area contributed by atoms with Gasteiger partial charge in [0, 0.05) is 3.57 Å². The normalized spacial score (nSPS) is 18.0. The highest BCUT2D eigenvalue weighted by molar-refractivity contribution is 14.1. The molecular weight excluding hydrogens is 294 g/mol. The van der Waals surface area contributed by atoms with E-state index in [9.17, 15) is 0 Å². The molecule has 2 heteroatoms. The summed E-state index contributed by atoms with van der Waals surface area (Å²) in [5.74, 6) is 0.839. The predicted molar refractivity (Wildman–Crippen MR) is 77.9 cm³/mol. The number of hydrogen-bond acceptors (Lipinski definition) is 0. The molecular formula is C13H18BI. The van der Waals surface area contributed by atoms with Gasteiger partial charge in [0.1, 0.15) is 7.85 Å². The third-order valence-corrected chi connectivity index (χ3v) is 4.82. The Morgan fingerprint density at radius 1 is 1.20 bits per heavy atom. The van der Waals surface area contributed by atoms with Gasteiger partial charge >= 0.3 is 0 Å². The van der Waals surface area contributed by atoms with E-state index < -0.39 is 0 Å². The Hall–Kier alpha value is 0.0149. The van der Waals surface area contributed by atoms with Crippen LogP contribution < -0.4 is 5.46 Å². The highest BCUT2D eigenvalue weighted by Gasteiger charge is 2.16. The minimum absolute atomic E-state index is 0.839. The van der Waals surface area contributed by atoms with Gasteiger partial charge in [-0.2, -0.15) is 0 Å². The minimum atomic E-state index is 0.839. The van der Waals surface area contributed by atoms with Gasteiger partial charge in [-0.3, -0.25) is 0 Å². The Bertz CT molecular complexity index is 331. The van der Waals surface area contributed by atoms with Gasteiger partial charge in [0.15, 0.2) is 0 Å². The van der Waals surface area contributed by atoms with E-state index in [-0.39, 0.29) is 0 Å². The van der Waals surface area contributed by atoms with Crippen LogP contribution in [0.1, 0.15) is 49.1 Å². The monoisotopic (exact) mass is 312 g/mol. The van der Waals surface area contributed by atoms with Crippen LogP contribution in [0.25, 0.3) is 0 Å². The van der Waals surface area contributed by atoms with Crippen molar-refractivity contribution in [2.24, 2.45) is 0 Å². The number of rotatable bonds is 1. The third kappa shape index (κ3) is 2.58. The number of aryl methyl sites for hydroxylation is 1. The fourth-order valence-corrected chi connectivity index (χ4v) is 3.30. The standard InChI is InChI=1S/C13H18BI/c1-9-7-11(8-12(15)13(9)14)10-5-3-2-4-6-10/h7-8,10H,2-6,14H2,1H3. The van der Waals surface area contributed by atoms with E-state index in [1.165, 1.54) is 46.7 Å². The summed E-state index contributed by atoms with van der Waals surface area (Å²) in [4.78, 5) is 0. The molecule has 0 aliphatic heterocycles. The highest BCUT2D eigenvalue weighted by atomic mass is 127. The van der Waals surface area contributed by atoms with Crippen molar-refractivity contribution < 1.29 is 0 Å². The zero-order chi connectivity index (χ0) is 10.8. The third-order valence-electron chi connectivity index (χ3n) is 3.70. The number of halogens is 1. The largest absolute Gasteiger partial charge is 0.141 e. The molecule has 15 heavy (non-hydrogen) atoms. The summed E-state index contributed by atoms with van der Waals surface area (Å²) >= 11 is 2.47. The van der Waals surface area contributed by atoms with E-state index >= 15 is 0 Å². The van der Waals surface area contributed by atoms with Gasteiger partial charge in [-0.25, -0.2) is 0 Å². The number of benzene rings is 1. The molecule has 80 valence electrons. The molecule has 0 aromatic heterocycles. The van der Waals surface area contributed by atoms with Crippen molar-refractivity contribution in [2.45, 2.75) is 44.9 Å². The van der Waals surface area contributed by atoms with Crippen molar-refractivity contribution in [3.05, 3.63) is 26.8 Å². The van der Waals surface area contributed by atoms with Gasteiger partial charge in [0.05, 0.1) is 0 Å². The van der Waals surface area contributed by atoms with Crippen LogP contribution in [0.3, 0.4) is 0 Å². The first kappa shape index (κ1) is 11.5. The zero-order valence-electron chi connectivity index (χ0n) is 9.65. The van der Waals surface area contributed by atoms with Crippen molar-refractivity contribution in [1.29, 1.82) is 0 Å². The maximum absolute atomic E-state index is 2.47. The second-order valence-corrected chi connectivity index (χ2v) is 5.94. The fraction of sp³-hybridized carbons (Fsp3) is 0.538. The second-order valence-electron chi connectivity index (χ2n) is 4.78. The van der Waals surface area contributed by atoms with Gasteiger partial charge in [-0.15, -0.1) is 0 Å². The quantitative estimate of drug-likeness (QED) is 0.552. The topological polar surface area (TPSA) is 0 Å². The summed E-state index contributed by atoms with van der Waals surface area (Å²) in [6.07, 6.45) is 7.10. The lowest BCUT2D eigenvalue weighted by molar-refractivity contribution is 0.443. The van der Waals surface area contributed by atoms with E-state index in [0.717, 1.165) is 5.92 Å². The molecule has 0 heterocycles. The molecule has 0 radical (unpaired) electrons. The van der Waals surface area contributed by atoms with Crippen LogP contribution in [-0.2, 0) is 0 Å². The Labute approximate surface area is 107 Å². The van der Waals surface area contributed by atoms with Crippen LogP contribution in [0.2, 0.25) is 0 Å². The van der Waals surface area contributed by atoms with Crippen LogP contribution in [-0.4, -0.2) is 7.85 Å². The van der Waals surface area contributed by atoms with Crippen molar-refractivity contribution in [1.82, 2.24) is 0 Å². The summed E-state index contributed by atoms with van der Waals surface area (Å²) < 4.78 is 1.44. The van der Waals surface area contributed by atoms with Crippen LogP contribution in [0.5, 0.6) is 0 Å². The molecule has 2 rings (SSSR count). The van der Waals surface area contributed by atoms with E-state index in [1.807, 2.05) is 0 Å². The first-order valence-electron chi connectivity index (χ1n) is 5.95. The molecule has 0 atom stereocenters. The highest BCUT2D eigenvalue weighted by Crippen LogP contribution is 2.33. The van der Waals surface area contributed by atoms with Crippen molar-refractivity contribution >= 4 is 35.9 Å². The lowest BCUT2D eigenvalue weighted by atomic mass is 9.81. The average Bonchev–Trinajstić information content (AvgIpc) is 2.26. The lowest BCUT2D eigenvalue weighted by Gasteiger charge is -2.23. The molecule has 0 nitrogen and oxygen atoms in total. The summed E-state index contributed by atoms with van der Waals surface area (Å²) in [5.41, 5.74) is 4.50. The smallest absolute Gasteiger partial charge is 0.0730 e. The van der Waals surface area contributed by atoms with Crippen molar-refractivity contribution in [2.75, 3.05) is 0 Å². The summed E-state index contributed by atoms with van der Waals surface area (Å²) in [7, 11) is 2.22.